The van der Waals surface area contributed by atoms with Gasteiger partial charge in [-0.05, 0) is 49.7 Å². The summed E-state index contributed by atoms with van der Waals surface area (Å²) in [5, 5.41) is 5.46. The minimum Gasteiger partial charge on any atom is -0.370 e. The third-order valence-corrected chi connectivity index (χ3v) is 7.92. The Kier molecular flexibility index (Phi) is 9.12. The molecule has 12 heteroatoms. The molecule has 1 saturated carbocycles. The Hall–Kier alpha value is -2.60. The van der Waals surface area contributed by atoms with E-state index in [1.165, 1.54) is 23.1 Å². The van der Waals surface area contributed by atoms with Crippen LogP contribution in [0.5, 0.6) is 0 Å². The quantitative estimate of drug-likeness (QED) is 0.457. The van der Waals surface area contributed by atoms with E-state index in [0.717, 1.165) is 30.6 Å². The molecule has 2 fully saturated rings. The van der Waals surface area contributed by atoms with Gasteiger partial charge in [-0.2, -0.15) is 0 Å². The molecule has 1 saturated heterocycles. The van der Waals surface area contributed by atoms with Gasteiger partial charge >= 0.3 is 0 Å². The molecule has 1 aromatic carbocycles. The van der Waals surface area contributed by atoms with E-state index in [-0.39, 0.29) is 48.8 Å². The number of ether oxygens (including phenoxy) is 1. The summed E-state index contributed by atoms with van der Waals surface area (Å²) in [5.41, 5.74) is -0.0898. The van der Waals surface area contributed by atoms with Crippen molar-refractivity contribution >= 4 is 52.0 Å². The van der Waals surface area contributed by atoms with E-state index in [9.17, 15) is 23.2 Å². The van der Waals surface area contributed by atoms with E-state index in [0.29, 0.717) is 28.1 Å². The maximum absolute atomic E-state index is 14.0. The number of morpholine rings is 1. The number of nitrogens with zero attached hydrogens (tertiary/aromatic N) is 2. The molecule has 1 aliphatic heterocycles. The molecule has 0 spiro atoms. The number of hydrogen-bond acceptors (Lipinski definition) is 6. The lowest BCUT2D eigenvalue weighted by atomic mass is 9.90. The maximum Gasteiger partial charge on any atom is 0.265 e. The highest BCUT2D eigenvalue weighted by Gasteiger charge is 2.34. The summed E-state index contributed by atoms with van der Waals surface area (Å²) in [4.78, 5) is 42.1. The molecule has 1 aromatic heterocycles. The van der Waals surface area contributed by atoms with Crippen molar-refractivity contribution < 1.29 is 27.9 Å². The normalized spacial score (nSPS) is 17.1. The van der Waals surface area contributed by atoms with Crippen molar-refractivity contribution in [2.75, 3.05) is 43.1 Å². The smallest absolute Gasteiger partial charge is 0.265 e. The highest BCUT2D eigenvalue weighted by Crippen LogP contribution is 2.33. The van der Waals surface area contributed by atoms with Crippen molar-refractivity contribution in [2.24, 2.45) is 0 Å². The second-order valence-corrected chi connectivity index (χ2v) is 10.6. The number of halogens is 3. The van der Waals surface area contributed by atoms with Crippen LogP contribution in [0.1, 0.15) is 47.8 Å². The largest absolute Gasteiger partial charge is 0.370 e. The summed E-state index contributed by atoms with van der Waals surface area (Å²) in [6.07, 6.45) is 0.0298. The molecular formula is C25H29ClF2N4O4S. The predicted octanol–water partition coefficient (Wildman–Crippen LogP) is 4.31. The van der Waals surface area contributed by atoms with Gasteiger partial charge in [0.05, 0.1) is 15.8 Å². The van der Waals surface area contributed by atoms with E-state index in [4.69, 9.17) is 16.3 Å². The Morgan fingerprint density at radius 3 is 2.65 bits per heavy atom. The van der Waals surface area contributed by atoms with Gasteiger partial charge in [0.2, 0.25) is 5.91 Å². The van der Waals surface area contributed by atoms with Gasteiger partial charge in [0.25, 0.3) is 18.2 Å². The number of carbonyl (C=O) groups excluding carboxylic acids is 3. The van der Waals surface area contributed by atoms with Gasteiger partial charge in [0.15, 0.2) is 0 Å². The van der Waals surface area contributed by atoms with E-state index in [1.807, 2.05) is 11.8 Å². The second-order valence-electron chi connectivity index (χ2n) is 8.90. The van der Waals surface area contributed by atoms with Gasteiger partial charge in [0, 0.05) is 36.1 Å². The van der Waals surface area contributed by atoms with E-state index in [2.05, 4.69) is 10.6 Å². The minimum absolute atomic E-state index is 0.00883. The van der Waals surface area contributed by atoms with E-state index in [1.54, 1.807) is 12.1 Å². The SMILES string of the molecule is CCN(C1CCC1)[C@H](CNC(=O)c1ccc(Cl)s1)C(=O)Nc1ccc(N2CCOCC2=O)cc1C(F)F. The molecule has 0 radical (unpaired) electrons. The number of rotatable bonds is 10. The standard InChI is InChI=1S/C25H29ClF2N4O4S/c1-2-31(15-4-3-5-15)19(13-29-25(35)20-8-9-21(26)37-20)24(34)30-18-7-6-16(12-17(18)23(27)28)32-10-11-36-14-22(32)33/h6-9,12,15,19,23H,2-5,10-11,13-14H2,1H3,(H,29,35)(H,30,34)/t19-/m1/s1. The number of carbonyl (C=O) groups is 3. The van der Waals surface area contributed by atoms with Crippen molar-refractivity contribution in [1.82, 2.24) is 10.2 Å². The number of amides is 3. The predicted molar refractivity (Wildman–Crippen MR) is 139 cm³/mol. The monoisotopic (exact) mass is 554 g/mol. The summed E-state index contributed by atoms with van der Waals surface area (Å²) < 4.78 is 33.6. The zero-order valence-corrected chi connectivity index (χ0v) is 21.9. The maximum atomic E-state index is 14.0. The Morgan fingerprint density at radius 1 is 1.27 bits per heavy atom. The first kappa shape index (κ1) is 27.4. The lowest BCUT2D eigenvalue weighted by Gasteiger charge is -2.41. The molecule has 200 valence electrons. The molecule has 1 aliphatic carbocycles. The summed E-state index contributed by atoms with van der Waals surface area (Å²) in [6, 6.07) is 6.80. The van der Waals surface area contributed by atoms with E-state index >= 15 is 0 Å². The number of hydrogen-bond donors (Lipinski definition) is 2. The van der Waals surface area contributed by atoms with Crippen molar-refractivity contribution in [3.8, 4) is 0 Å². The molecule has 2 N–H and O–H groups in total. The summed E-state index contributed by atoms with van der Waals surface area (Å²) in [6.45, 7) is 2.96. The first-order chi connectivity index (χ1) is 17.8. The number of nitrogens with one attached hydrogen (secondary N) is 2. The summed E-state index contributed by atoms with van der Waals surface area (Å²) >= 11 is 7.07. The van der Waals surface area contributed by atoms with Gasteiger partial charge < -0.3 is 20.3 Å². The van der Waals surface area contributed by atoms with Crippen molar-refractivity contribution in [2.45, 2.75) is 44.7 Å². The van der Waals surface area contributed by atoms with Gasteiger partial charge in [0.1, 0.15) is 12.6 Å². The fraction of sp³-hybridized carbons (Fsp3) is 0.480. The molecule has 2 aliphatic rings. The van der Waals surface area contributed by atoms with Crippen LogP contribution < -0.4 is 15.5 Å². The highest BCUT2D eigenvalue weighted by atomic mass is 35.5. The van der Waals surface area contributed by atoms with Crippen LogP contribution in [0.4, 0.5) is 20.2 Å². The average Bonchev–Trinajstić information content (AvgIpc) is 3.29. The Balaban J connectivity index is 1.54. The third kappa shape index (κ3) is 6.46. The third-order valence-electron chi connectivity index (χ3n) is 6.69. The van der Waals surface area contributed by atoms with Crippen LogP contribution in [0, 0.1) is 0 Å². The summed E-state index contributed by atoms with van der Waals surface area (Å²) in [5.74, 6) is -1.16. The molecule has 37 heavy (non-hydrogen) atoms. The van der Waals surface area contributed by atoms with Gasteiger partial charge in [-0.3, -0.25) is 19.3 Å². The lowest BCUT2D eigenvalue weighted by Crippen LogP contribution is -2.56. The average molecular weight is 555 g/mol. The van der Waals surface area contributed by atoms with Gasteiger partial charge in [-0.15, -0.1) is 11.3 Å². The Labute approximate surface area is 222 Å². The highest BCUT2D eigenvalue weighted by molar-refractivity contribution is 7.18. The van der Waals surface area contributed by atoms with Crippen LogP contribution in [0.3, 0.4) is 0 Å². The van der Waals surface area contributed by atoms with E-state index < -0.39 is 18.4 Å². The molecule has 4 rings (SSSR count). The number of anilines is 2. The van der Waals surface area contributed by atoms with Crippen LogP contribution in [0.25, 0.3) is 0 Å². The van der Waals surface area contributed by atoms with Crippen molar-refractivity contribution in [3.05, 3.63) is 45.1 Å². The first-order valence-corrected chi connectivity index (χ1v) is 13.4. The Morgan fingerprint density at radius 2 is 2.05 bits per heavy atom. The first-order valence-electron chi connectivity index (χ1n) is 12.2. The topological polar surface area (TPSA) is 91.0 Å². The molecule has 0 bridgehead atoms. The minimum atomic E-state index is -2.87. The van der Waals surface area contributed by atoms with Crippen LogP contribution >= 0.6 is 22.9 Å². The van der Waals surface area contributed by atoms with Gasteiger partial charge in [-0.1, -0.05) is 24.9 Å². The number of benzene rings is 1. The fourth-order valence-corrected chi connectivity index (χ4v) is 5.50. The number of alkyl halides is 2. The second kappa shape index (κ2) is 12.3. The molecule has 8 nitrogen and oxygen atoms in total. The fourth-order valence-electron chi connectivity index (χ4n) is 4.54. The molecule has 3 amide bonds. The van der Waals surface area contributed by atoms with Gasteiger partial charge in [-0.25, -0.2) is 8.78 Å². The molecule has 2 aromatic rings. The number of thiophene rings is 1. The zero-order chi connectivity index (χ0) is 26.5. The van der Waals surface area contributed by atoms with Crippen LogP contribution in [0.2, 0.25) is 4.34 Å². The lowest BCUT2D eigenvalue weighted by molar-refractivity contribution is -0.125. The summed E-state index contributed by atoms with van der Waals surface area (Å²) in [7, 11) is 0. The van der Waals surface area contributed by atoms with Crippen LogP contribution in [-0.2, 0) is 14.3 Å². The van der Waals surface area contributed by atoms with Crippen LogP contribution in [-0.4, -0.2) is 67.6 Å². The molecule has 1 atom stereocenters. The Bertz CT molecular complexity index is 1140. The van der Waals surface area contributed by atoms with Crippen molar-refractivity contribution in [1.29, 1.82) is 0 Å². The number of likely N-dealkylation sites (N-methyl/N-ethyl adjacent to an activating group) is 1. The molecular weight excluding hydrogens is 526 g/mol. The molecule has 0 unspecified atom stereocenters. The zero-order valence-electron chi connectivity index (χ0n) is 20.3. The molecule has 2 heterocycles. The van der Waals surface area contributed by atoms with Crippen molar-refractivity contribution in [3.63, 3.8) is 0 Å². The van der Waals surface area contributed by atoms with Crippen LogP contribution in [0.15, 0.2) is 30.3 Å².